The van der Waals surface area contributed by atoms with Gasteiger partial charge in [-0.25, -0.2) is 9.97 Å². The van der Waals surface area contributed by atoms with Gasteiger partial charge in [-0.05, 0) is 42.3 Å². The van der Waals surface area contributed by atoms with Crippen LogP contribution in [0.5, 0.6) is 11.5 Å². The van der Waals surface area contributed by atoms with E-state index in [2.05, 4.69) is 20.3 Å². The van der Waals surface area contributed by atoms with Crippen LogP contribution in [0.4, 0.5) is 5.82 Å². The second-order valence-corrected chi connectivity index (χ2v) is 6.21. The van der Waals surface area contributed by atoms with Gasteiger partial charge in [-0.3, -0.25) is 9.38 Å². The monoisotopic (exact) mass is 375 g/mol. The van der Waals surface area contributed by atoms with Crippen molar-refractivity contribution in [3.05, 3.63) is 66.9 Å². The lowest BCUT2D eigenvalue weighted by Gasteiger charge is -2.10. The van der Waals surface area contributed by atoms with Gasteiger partial charge in [-0.2, -0.15) is 0 Å². The van der Waals surface area contributed by atoms with E-state index in [1.54, 1.807) is 32.8 Å². The van der Waals surface area contributed by atoms with E-state index in [4.69, 9.17) is 9.47 Å². The van der Waals surface area contributed by atoms with E-state index in [1.165, 1.54) is 5.56 Å². The number of anilines is 1. The quantitative estimate of drug-likeness (QED) is 0.533. The molecule has 142 valence electrons. The number of nitrogens with zero attached hydrogens (tertiary/aromatic N) is 4. The van der Waals surface area contributed by atoms with E-state index >= 15 is 0 Å². The molecule has 3 heterocycles. The van der Waals surface area contributed by atoms with Crippen molar-refractivity contribution in [3.63, 3.8) is 0 Å². The van der Waals surface area contributed by atoms with Gasteiger partial charge in [0.1, 0.15) is 0 Å². The fourth-order valence-electron chi connectivity index (χ4n) is 3.13. The molecule has 1 N–H and O–H groups in total. The van der Waals surface area contributed by atoms with Crippen molar-refractivity contribution in [2.24, 2.45) is 0 Å². The van der Waals surface area contributed by atoms with Crippen molar-refractivity contribution in [1.29, 1.82) is 0 Å². The van der Waals surface area contributed by atoms with Gasteiger partial charge in [0, 0.05) is 36.9 Å². The second-order valence-electron chi connectivity index (χ2n) is 6.21. The van der Waals surface area contributed by atoms with E-state index in [9.17, 15) is 0 Å². The first-order chi connectivity index (χ1) is 13.8. The summed E-state index contributed by atoms with van der Waals surface area (Å²) < 4.78 is 12.8. The minimum absolute atomic E-state index is 0.680. The van der Waals surface area contributed by atoms with Gasteiger partial charge < -0.3 is 14.8 Å². The number of rotatable bonds is 7. The Labute approximate surface area is 163 Å². The van der Waals surface area contributed by atoms with Gasteiger partial charge in [0.2, 0.25) is 0 Å². The highest BCUT2D eigenvalue weighted by molar-refractivity contribution is 5.72. The predicted octanol–water partition coefficient (Wildman–Crippen LogP) is 3.46. The Morgan fingerprint density at radius 2 is 1.79 bits per heavy atom. The summed E-state index contributed by atoms with van der Waals surface area (Å²) in [7, 11) is 3.26. The van der Waals surface area contributed by atoms with Crippen LogP contribution in [0.3, 0.4) is 0 Å². The Bertz CT molecular complexity index is 1080. The van der Waals surface area contributed by atoms with Crippen LogP contribution in [0.1, 0.15) is 5.56 Å². The lowest BCUT2D eigenvalue weighted by molar-refractivity contribution is 0.355. The number of fused-ring (bicyclic) bond motifs is 1. The lowest BCUT2D eigenvalue weighted by atomic mass is 10.1. The van der Waals surface area contributed by atoms with Crippen LogP contribution in [0.25, 0.3) is 16.9 Å². The number of nitrogens with one attached hydrogen (secondary N) is 1. The maximum Gasteiger partial charge on any atom is 0.180 e. The average molecular weight is 375 g/mol. The summed E-state index contributed by atoms with van der Waals surface area (Å²) in [5.41, 5.74) is 3.94. The number of imidazole rings is 1. The van der Waals surface area contributed by atoms with Crippen LogP contribution < -0.4 is 14.8 Å². The molecule has 4 aromatic rings. The molecule has 0 saturated carbocycles. The Morgan fingerprint density at radius 1 is 0.964 bits per heavy atom. The van der Waals surface area contributed by atoms with Crippen molar-refractivity contribution in [2.45, 2.75) is 6.42 Å². The van der Waals surface area contributed by atoms with E-state index in [-0.39, 0.29) is 0 Å². The zero-order chi connectivity index (χ0) is 19.3. The molecule has 0 radical (unpaired) electrons. The summed E-state index contributed by atoms with van der Waals surface area (Å²) in [6, 6.07) is 9.85. The molecule has 7 heteroatoms. The SMILES string of the molecule is COc1ccc(-c2cnc3c(NCCc4ccncc4)nccn23)cc1OC. The topological polar surface area (TPSA) is 73.6 Å². The molecule has 4 rings (SSSR count). The van der Waals surface area contributed by atoms with Crippen LogP contribution >= 0.6 is 0 Å². The van der Waals surface area contributed by atoms with Crippen molar-refractivity contribution < 1.29 is 9.47 Å². The fourth-order valence-corrected chi connectivity index (χ4v) is 3.13. The fraction of sp³-hybridized carbons (Fsp3) is 0.190. The Balaban J connectivity index is 1.60. The summed E-state index contributed by atoms with van der Waals surface area (Å²) in [5, 5.41) is 3.38. The third-order valence-electron chi connectivity index (χ3n) is 4.56. The van der Waals surface area contributed by atoms with Crippen molar-refractivity contribution in [2.75, 3.05) is 26.1 Å². The van der Waals surface area contributed by atoms with E-state index < -0.39 is 0 Å². The van der Waals surface area contributed by atoms with Crippen molar-refractivity contribution >= 4 is 11.5 Å². The van der Waals surface area contributed by atoms with Gasteiger partial charge in [-0.15, -0.1) is 0 Å². The summed E-state index contributed by atoms with van der Waals surface area (Å²) in [5.74, 6) is 2.13. The van der Waals surface area contributed by atoms with Crippen LogP contribution in [-0.4, -0.2) is 40.1 Å². The van der Waals surface area contributed by atoms with E-state index in [0.29, 0.717) is 11.5 Å². The van der Waals surface area contributed by atoms with Gasteiger partial charge >= 0.3 is 0 Å². The minimum Gasteiger partial charge on any atom is -0.493 e. The minimum atomic E-state index is 0.680. The van der Waals surface area contributed by atoms with Crippen LogP contribution in [0.2, 0.25) is 0 Å². The standard InChI is InChI=1S/C21H21N5O2/c1-27-18-4-3-16(13-19(18)28-2)17-14-25-21-20(24-11-12-26(17)21)23-10-7-15-5-8-22-9-6-15/h3-6,8-9,11-14H,7,10H2,1-2H3,(H,23,24). The number of pyridine rings is 1. The molecule has 0 spiro atoms. The van der Waals surface area contributed by atoms with Crippen molar-refractivity contribution in [1.82, 2.24) is 19.4 Å². The van der Waals surface area contributed by atoms with Gasteiger partial charge in [0.05, 0.1) is 26.1 Å². The molecular formula is C21H21N5O2. The van der Waals surface area contributed by atoms with Crippen LogP contribution in [-0.2, 0) is 6.42 Å². The molecule has 0 bridgehead atoms. The first-order valence-electron chi connectivity index (χ1n) is 8.97. The zero-order valence-corrected chi connectivity index (χ0v) is 15.8. The van der Waals surface area contributed by atoms with Gasteiger partial charge in [0.25, 0.3) is 0 Å². The molecule has 0 aliphatic rings. The van der Waals surface area contributed by atoms with Crippen molar-refractivity contribution in [3.8, 4) is 22.8 Å². The number of methoxy groups -OCH3 is 2. The van der Waals surface area contributed by atoms with Gasteiger partial charge in [0.15, 0.2) is 23.0 Å². The number of hydrogen-bond donors (Lipinski definition) is 1. The summed E-state index contributed by atoms with van der Waals surface area (Å²) in [6.45, 7) is 0.759. The first-order valence-corrected chi connectivity index (χ1v) is 8.97. The smallest absolute Gasteiger partial charge is 0.180 e. The molecule has 0 saturated heterocycles. The Kier molecular flexibility index (Phi) is 5.05. The average Bonchev–Trinajstić information content (AvgIpc) is 3.19. The zero-order valence-electron chi connectivity index (χ0n) is 15.8. The molecule has 3 aromatic heterocycles. The van der Waals surface area contributed by atoms with E-state index in [1.807, 2.05) is 47.1 Å². The maximum atomic E-state index is 5.42. The molecule has 0 atom stereocenters. The Morgan fingerprint density at radius 3 is 2.57 bits per heavy atom. The maximum absolute atomic E-state index is 5.42. The predicted molar refractivity (Wildman–Crippen MR) is 108 cm³/mol. The molecule has 1 aromatic carbocycles. The Hall–Kier alpha value is -3.61. The van der Waals surface area contributed by atoms with Crippen LogP contribution in [0.15, 0.2) is 61.3 Å². The first kappa shape index (κ1) is 17.8. The summed E-state index contributed by atoms with van der Waals surface area (Å²) in [6.07, 6.45) is 10.0. The number of ether oxygens (including phenoxy) is 2. The highest BCUT2D eigenvalue weighted by Gasteiger charge is 2.12. The number of benzene rings is 1. The third-order valence-corrected chi connectivity index (χ3v) is 4.56. The molecule has 0 fully saturated rings. The molecule has 0 aliphatic carbocycles. The van der Waals surface area contributed by atoms with E-state index in [0.717, 1.165) is 35.7 Å². The largest absolute Gasteiger partial charge is 0.493 e. The highest BCUT2D eigenvalue weighted by Crippen LogP contribution is 2.33. The lowest BCUT2D eigenvalue weighted by Crippen LogP contribution is -2.08. The molecular weight excluding hydrogens is 354 g/mol. The summed E-state index contributed by atoms with van der Waals surface area (Å²) in [4.78, 5) is 13.1. The summed E-state index contributed by atoms with van der Waals surface area (Å²) >= 11 is 0. The second kappa shape index (κ2) is 7.96. The highest BCUT2D eigenvalue weighted by atomic mass is 16.5. The third kappa shape index (κ3) is 3.46. The molecule has 7 nitrogen and oxygen atoms in total. The molecule has 0 unspecified atom stereocenters. The number of hydrogen-bond acceptors (Lipinski definition) is 6. The van der Waals surface area contributed by atoms with Gasteiger partial charge in [-0.1, -0.05) is 0 Å². The normalized spacial score (nSPS) is 10.8. The number of aromatic nitrogens is 4. The van der Waals surface area contributed by atoms with Crippen LogP contribution in [0, 0.1) is 0 Å². The molecule has 0 aliphatic heterocycles. The molecule has 28 heavy (non-hydrogen) atoms. The molecule has 0 amide bonds.